The van der Waals surface area contributed by atoms with Crippen molar-refractivity contribution in [1.29, 1.82) is 0 Å². The van der Waals surface area contributed by atoms with Crippen molar-refractivity contribution in [2.24, 2.45) is 5.41 Å². The van der Waals surface area contributed by atoms with E-state index in [1.54, 1.807) is 11.8 Å². The smallest absolute Gasteiger partial charge is 0.312 e. The molecule has 2 nitrogen and oxygen atoms in total. The molecule has 0 amide bonds. The van der Waals surface area contributed by atoms with Crippen molar-refractivity contribution in [2.75, 3.05) is 17.4 Å². The fraction of sp³-hybridized carbons (Fsp3) is 0.700. The molecule has 0 heterocycles. The van der Waals surface area contributed by atoms with Crippen molar-refractivity contribution < 1.29 is 9.53 Å². The van der Waals surface area contributed by atoms with Gasteiger partial charge in [0.25, 0.3) is 0 Å². The number of hydrogen-bond donors (Lipinski definition) is 1. The highest BCUT2D eigenvalue weighted by atomic mass is 32.2. The Morgan fingerprint density at radius 2 is 2.07 bits per heavy atom. The highest BCUT2D eigenvalue weighted by Gasteiger charge is 2.22. The maximum Gasteiger partial charge on any atom is 0.312 e. The van der Waals surface area contributed by atoms with E-state index in [1.165, 1.54) is 0 Å². The molecular weight excluding hydrogens is 216 g/mol. The molecule has 0 aromatic heterocycles. The Labute approximate surface area is 95.9 Å². The Bertz CT molecular complexity index is 195. The van der Waals surface area contributed by atoms with Gasteiger partial charge < -0.3 is 4.74 Å². The van der Waals surface area contributed by atoms with Crippen LogP contribution in [0.3, 0.4) is 0 Å². The van der Waals surface area contributed by atoms with Gasteiger partial charge in [0, 0.05) is 11.5 Å². The number of esters is 1. The van der Waals surface area contributed by atoms with Crippen molar-refractivity contribution in [3.63, 3.8) is 0 Å². The predicted molar refractivity (Wildman–Crippen MR) is 65.9 cm³/mol. The second-order valence-electron chi connectivity index (χ2n) is 3.82. The van der Waals surface area contributed by atoms with E-state index in [1.807, 2.05) is 32.9 Å². The third-order valence-corrected chi connectivity index (χ3v) is 2.30. The lowest BCUT2D eigenvalue weighted by Crippen LogP contribution is -2.22. The van der Waals surface area contributed by atoms with Gasteiger partial charge in [-0.05, 0) is 20.8 Å². The van der Waals surface area contributed by atoms with Gasteiger partial charge in [0.15, 0.2) is 0 Å². The first kappa shape index (κ1) is 13.9. The van der Waals surface area contributed by atoms with Crippen LogP contribution >= 0.6 is 24.4 Å². The van der Waals surface area contributed by atoms with E-state index >= 15 is 0 Å². The van der Waals surface area contributed by atoms with Crippen molar-refractivity contribution in [3.05, 3.63) is 12.2 Å². The number of thiol groups is 1. The first-order valence-corrected chi connectivity index (χ1v) is 6.28. The van der Waals surface area contributed by atoms with Crippen molar-refractivity contribution >= 4 is 30.4 Å². The molecule has 0 aromatic rings. The first-order valence-electron chi connectivity index (χ1n) is 4.49. The molecule has 0 aliphatic heterocycles. The van der Waals surface area contributed by atoms with Gasteiger partial charge in [0.1, 0.15) is 5.94 Å². The number of carbonyl (C=O) groups is 1. The number of carbonyl (C=O) groups excluding carboxylic acids is 1. The average Bonchev–Trinajstić information content (AvgIpc) is 2.09. The topological polar surface area (TPSA) is 26.3 Å². The van der Waals surface area contributed by atoms with E-state index in [0.29, 0.717) is 5.94 Å². The van der Waals surface area contributed by atoms with Crippen LogP contribution in [0.25, 0.3) is 0 Å². The first-order chi connectivity index (χ1) is 6.48. The number of ether oxygens (including phenoxy) is 1. The Kier molecular flexibility index (Phi) is 7.19. The van der Waals surface area contributed by atoms with E-state index in [2.05, 4.69) is 12.6 Å². The van der Waals surface area contributed by atoms with Crippen LogP contribution < -0.4 is 0 Å². The maximum atomic E-state index is 11.3. The van der Waals surface area contributed by atoms with E-state index in [0.717, 1.165) is 11.5 Å². The molecule has 14 heavy (non-hydrogen) atoms. The molecule has 0 aromatic carbocycles. The van der Waals surface area contributed by atoms with Gasteiger partial charge in [-0.15, -0.1) is 11.8 Å². The van der Waals surface area contributed by atoms with Crippen molar-refractivity contribution in [2.45, 2.75) is 20.8 Å². The molecule has 0 unspecified atom stereocenters. The fourth-order valence-electron chi connectivity index (χ4n) is 0.570. The molecule has 82 valence electrons. The summed E-state index contributed by atoms with van der Waals surface area (Å²) in [7, 11) is 0. The summed E-state index contributed by atoms with van der Waals surface area (Å²) in [4.78, 5) is 11.3. The van der Waals surface area contributed by atoms with Crippen LogP contribution in [-0.4, -0.2) is 23.4 Å². The number of rotatable bonds is 5. The minimum absolute atomic E-state index is 0.150. The summed E-state index contributed by atoms with van der Waals surface area (Å²) in [5, 5.41) is 0. The molecule has 0 radical (unpaired) electrons. The second-order valence-corrected chi connectivity index (χ2v) is 5.17. The van der Waals surface area contributed by atoms with Crippen LogP contribution in [0.4, 0.5) is 0 Å². The van der Waals surface area contributed by atoms with Gasteiger partial charge in [-0.25, -0.2) is 0 Å². The van der Waals surface area contributed by atoms with Gasteiger partial charge in [0.05, 0.1) is 5.41 Å². The standard InChI is InChI=1S/C10H18O2S2/c1-10(2,3)9(11)12-8-14-7-5-4-6-13/h4-5,13H,6-8H2,1-3H3/b5-4-. The highest BCUT2D eigenvalue weighted by molar-refractivity contribution is 7.99. The SMILES string of the molecule is CC(C)(C)C(=O)OCSC/C=C\CS. The predicted octanol–water partition coefficient (Wildman–Crippen LogP) is 2.75. The summed E-state index contributed by atoms with van der Waals surface area (Å²) in [5.74, 6) is 1.89. The Balaban J connectivity index is 3.46. The molecule has 0 saturated heterocycles. The largest absolute Gasteiger partial charge is 0.454 e. The zero-order valence-electron chi connectivity index (χ0n) is 8.95. The molecule has 0 atom stereocenters. The lowest BCUT2D eigenvalue weighted by Gasteiger charge is -2.15. The summed E-state index contributed by atoms with van der Waals surface area (Å²) >= 11 is 5.61. The van der Waals surface area contributed by atoms with Crippen molar-refractivity contribution in [1.82, 2.24) is 0 Å². The van der Waals surface area contributed by atoms with Gasteiger partial charge in [0.2, 0.25) is 0 Å². The lowest BCUT2D eigenvalue weighted by molar-refractivity contribution is -0.150. The summed E-state index contributed by atoms with van der Waals surface area (Å²) in [6.45, 7) is 5.54. The normalized spacial score (nSPS) is 12.0. The van der Waals surface area contributed by atoms with Gasteiger partial charge in [-0.3, -0.25) is 4.79 Å². The van der Waals surface area contributed by atoms with Crippen LogP contribution in [-0.2, 0) is 9.53 Å². The summed E-state index contributed by atoms with van der Waals surface area (Å²) in [6, 6.07) is 0. The third kappa shape index (κ3) is 7.33. The quantitative estimate of drug-likeness (QED) is 0.260. The molecule has 0 rings (SSSR count). The monoisotopic (exact) mass is 234 g/mol. The third-order valence-electron chi connectivity index (χ3n) is 1.37. The van der Waals surface area contributed by atoms with Crippen LogP contribution in [0, 0.1) is 5.41 Å². The molecule has 0 aliphatic rings. The zero-order valence-corrected chi connectivity index (χ0v) is 10.7. The van der Waals surface area contributed by atoms with Crippen molar-refractivity contribution in [3.8, 4) is 0 Å². The number of thioether (sulfide) groups is 1. The molecule has 4 heteroatoms. The molecular formula is C10H18O2S2. The molecule has 0 saturated carbocycles. The summed E-state index contributed by atoms with van der Waals surface area (Å²) in [6.07, 6.45) is 3.99. The van der Waals surface area contributed by atoms with Crippen LogP contribution in [0.5, 0.6) is 0 Å². The van der Waals surface area contributed by atoms with E-state index in [4.69, 9.17) is 4.74 Å². The lowest BCUT2D eigenvalue weighted by atomic mass is 9.98. The highest BCUT2D eigenvalue weighted by Crippen LogP contribution is 2.16. The second kappa shape index (κ2) is 7.23. The van der Waals surface area contributed by atoms with Crippen LogP contribution in [0.2, 0.25) is 0 Å². The molecule has 0 spiro atoms. The maximum absolute atomic E-state index is 11.3. The van der Waals surface area contributed by atoms with Crippen LogP contribution in [0.1, 0.15) is 20.8 Å². The minimum atomic E-state index is -0.401. The van der Waals surface area contributed by atoms with Crippen LogP contribution in [0.15, 0.2) is 12.2 Å². The molecule has 0 N–H and O–H groups in total. The van der Waals surface area contributed by atoms with E-state index in [-0.39, 0.29) is 5.97 Å². The average molecular weight is 234 g/mol. The van der Waals surface area contributed by atoms with Gasteiger partial charge in [-0.2, -0.15) is 12.6 Å². The Hall–Kier alpha value is -0.0900. The number of hydrogen-bond acceptors (Lipinski definition) is 4. The molecule has 0 bridgehead atoms. The minimum Gasteiger partial charge on any atom is -0.454 e. The fourth-order valence-corrected chi connectivity index (χ4v) is 1.28. The Morgan fingerprint density at radius 3 is 2.57 bits per heavy atom. The van der Waals surface area contributed by atoms with Gasteiger partial charge in [-0.1, -0.05) is 12.2 Å². The molecule has 0 fully saturated rings. The van der Waals surface area contributed by atoms with E-state index in [9.17, 15) is 4.79 Å². The summed E-state index contributed by atoms with van der Waals surface area (Å²) in [5.41, 5.74) is -0.401. The van der Waals surface area contributed by atoms with E-state index < -0.39 is 5.41 Å². The Morgan fingerprint density at radius 1 is 1.43 bits per heavy atom. The summed E-state index contributed by atoms with van der Waals surface area (Å²) < 4.78 is 5.06. The zero-order chi connectivity index (χ0) is 11.0. The van der Waals surface area contributed by atoms with Gasteiger partial charge >= 0.3 is 5.97 Å². The molecule has 0 aliphatic carbocycles.